The van der Waals surface area contributed by atoms with E-state index in [1.807, 2.05) is 13.8 Å². The summed E-state index contributed by atoms with van der Waals surface area (Å²) in [7, 11) is 1.34. The maximum Gasteiger partial charge on any atom is 0.306 e. The van der Waals surface area contributed by atoms with Crippen LogP contribution >= 0.6 is 0 Å². The van der Waals surface area contributed by atoms with Crippen molar-refractivity contribution in [3.8, 4) is 0 Å². The zero-order valence-corrected chi connectivity index (χ0v) is 11.1. The molecule has 1 aromatic carbocycles. The average Bonchev–Trinajstić information content (AvgIpc) is 2.37. The molecule has 0 fully saturated rings. The lowest BCUT2D eigenvalue weighted by atomic mass is 9.85. The van der Waals surface area contributed by atoms with E-state index >= 15 is 0 Å². The number of methoxy groups -OCH3 is 1. The number of esters is 1. The highest BCUT2D eigenvalue weighted by Gasteiger charge is 2.24. The number of hydrogen-bond donors (Lipinski definition) is 1. The molecule has 1 rings (SSSR count). The Bertz CT molecular complexity index is 420. The Morgan fingerprint density at radius 2 is 2.17 bits per heavy atom. The summed E-state index contributed by atoms with van der Waals surface area (Å²) in [5.74, 6) is -0.848. The van der Waals surface area contributed by atoms with Crippen molar-refractivity contribution < 1.29 is 13.9 Å². The molecule has 1 aromatic rings. The van der Waals surface area contributed by atoms with E-state index in [-0.39, 0.29) is 30.2 Å². The molecule has 4 heteroatoms. The number of nitrogens with two attached hydrogens (primary N) is 1. The molecular weight excluding hydrogens is 233 g/mol. The van der Waals surface area contributed by atoms with Crippen LogP contribution in [0, 0.1) is 12.7 Å². The van der Waals surface area contributed by atoms with Crippen molar-refractivity contribution >= 4 is 5.97 Å². The van der Waals surface area contributed by atoms with Crippen LogP contribution in [0.4, 0.5) is 4.39 Å². The Morgan fingerprint density at radius 1 is 1.50 bits per heavy atom. The fourth-order valence-corrected chi connectivity index (χ4v) is 2.05. The molecule has 0 heterocycles. The molecule has 0 spiro atoms. The van der Waals surface area contributed by atoms with Gasteiger partial charge in [-0.15, -0.1) is 0 Å². The van der Waals surface area contributed by atoms with Crippen LogP contribution < -0.4 is 5.73 Å². The van der Waals surface area contributed by atoms with Crippen LogP contribution in [-0.4, -0.2) is 19.1 Å². The van der Waals surface area contributed by atoms with Gasteiger partial charge in [-0.3, -0.25) is 4.79 Å². The first-order chi connectivity index (χ1) is 8.49. The number of carbonyl (C=O) groups is 1. The van der Waals surface area contributed by atoms with E-state index in [0.29, 0.717) is 0 Å². The third-order valence-corrected chi connectivity index (χ3v) is 3.24. The van der Waals surface area contributed by atoms with E-state index < -0.39 is 0 Å². The largest absolute Gasteiger partial charge is 0.469 e. The highest BCUT2D eigenvalue weighted by Crippen LogP contribution is 2.28. The normalized spacial score (nSPS) is 14.1. The number of halogens is 1. The molecule has 0 amide bonds. The van der Waals surface area contributed by atoms with Crippen molar-refractivity contribution in [2.45, 2.75) is 38.6 Å². The van der Waals surface area contributed by atoms with Gasteiger partial charge < -0.3 is 10.5 Å². The SMILES string of the molecule is CCC(N)C(CC(=O)OC)c1cc(F)ccc1C. The van der Waals surface area contributed by atoms with Crippen molar-refractivity contribution in [1.82, 2.24) is 0 Å². The molecule has 0 aromatic heterocycles. The molecule has 100 valence electrons. The van der Waals surface area contributed by atoms with Gasteiger partial charge in [-0.05, 0) is 36.6 Å². The number of hydrogen-bond acceptors (Lipinski definition) is 3. The second-order valence-electron chi connectivity index (χ2n) is 4.46. The van der Waals surface area contributed by atoms with E-state index in [9.17, 15) is 9.18 Å². The predicted octanol–water partition coefficient (Wildman–Crippen LogP) is 2.52. The molecule has 3 nitrogen and oxygen atoms in total. The van der Waals surface area contributed by atoms with Gasteiger partial charge in [-0.2, -0.15) is 0 Å². The summed E-state index contributed by atoms with van der Waals surface area (Å²) in [6, 6.07) is 4.38. The molecule has 0 saturated heterocycles. The summed E-state index contributed by atoms with van der Waals surface area (Å²) in [4.78, 5) is 11.4. The molecule has 0 saturated carbocycles. The Kier molecular flexibility index (Phi) is 5.28. The minimum Gasteiger partial charge on any atom is -0.469 e. The topological polar surface area (TPSA) is 52.3 Å². The zero-order chi connectivity index (χ0) is 13.7. The minimum absolute atomic E-state index is 0.176. The van der Waals surface area contributed by atoms with E-state index in [1.54, 1.807) is 6.07 Å². The second kappa shape index (κ2) is 6.50. The Labute approximate surface area is 107 Å². The lowest BCUT2D eigenvalue weighted by molar-refractivity contribution is -0.141. The summed E-state index contributed by atoms with van der Waals surface area (Å²) in [5, 5.41) is 0. The molecule has 0 bridgehead atoms. The van der Waals surface area contributed by atoms with Crippen LogP contribution in [0.15, 0.2) is 18.2 Å². The average molecular weight is 253 g/mol. The summed E-state index contributed by atoms with van der Waals surface area (Å²) in [6.07, 6.45) is 0.896. The van der Waals surface area contributed by atoms with Gasteiger partial charge in [0.2, 0.25) is 0 Å². The smallest absolute Gasteiger partial charge is 0.306 e. The second-order valence-corrected chi connectivity index (χ2v) is 4.46. The van der Waals surface area contributed by atoms with Crippen molar-refractivity contribution in [1.29, 1.82) is 0 Å². The lowest BCUT2D eigenvalue weighted by Gasteiger charge is -2.24. The summed E-state index contributed by atoms with van der Waals surface area (Å²) >= 11 is 0. The number of ether oxygens (including phenoxy) is 1. The molecule has 2 N–H and O–H groups in total. The summed E-state index contributed by atoms with van der Waals surface area (Å²) in [5.41, 5.74) is 7.77. The van der Waals surface area contributed by atoms with Gasteiger partial charge in [0.25, 0.3) is 0 Å². The molecule has 0 aliphatic heterocycles. The minimum atomic E-state index is -0.326. The van der Waals surface area contributed by atoms with Gasteiger partial charge in [0, 0.05) is 12.0 Å². The van der Waals surface area contributed by atoms with Crippen molar-refractivity contribution in [3.05, 3.63) is 35.1 Å². The predicted molar refractivity (Wildman–Crippen MR) is 68.8 cm³/mol. The highest BCUT2D eigenvalue weighted by atomic mass is 19.1. The van der Waals surface area contributed by atoms with Gasteiger partial charge >= 0.3 is 5.97 Å². The lowest BCUT2D eigenvalue weighted by Crippen LogP contribution is -2.30. The summed E-state index contributed by atoms with van der Waals surface area (Å²) in [6.45, 7) is 3.84. The first-order valence-electron chi connectivity index (χ1n) is 6.08. The fourth-order valence-electron chi connectivity index (χ4n) is 2.05. The Balaban J connectivity index is 3.08. The Morgan fingerprint density at radius 3 is 2.72 bits per heavy atom. The van der Waals surface area contributed by atoms with E-state index in [0.717, 1.165) is 17.5 Å². The van der Waals surface area contributed by atoms with Crippen LogP contribution in [0.2, 0.25) is 0 Å². The van der Waals surface area contributed by atoms with E-state index in [2.05, 4.69) is 4.74 Å². The zero-order valence-electron chi connectivity index (χ0n) is 11.1. The third-order valence-electron chi connectivity index (χ3n) is 3.24. The third kappa shape index (κ3) is 3.53. The maximum absolute atomic E-state index is 13.3. The van der Waals surface area contributed by atoms with Gasteiger partial charge in [-0.1, -0.05) is 13.0 Å². The van der Waals surface area contributed by atoms with Crippen LogP contribution in [0.3, 0.4) is 0 Å². The van der Waals surface area contributed by atoms with Gasteiger partial charge in [0.05, 0.1) is 13.5 Å². The fraction of sp³-hybridized carbons (Fsp3) is 0.500. The molecule has 0 aliphatic carbocycles. The summed E-state index contributed by atoms with van der Waals surface area (Å²) < 4.78 is 18.0. The van der Waals surface area contributed by atoms with Crippen LogP contribution in [0.5, 0.6) is 0 Å². The molecule has 0 aliphatic rings. The van der Waals surface area contributed by atoms with Crippen molar-refractivity contribution in [2.24, 2.45) is 5.73 Å². The molecule has 18 heavy (non-hydrogen) atoms. The standard InChI is InChI=1S/C14H20FNO2/c1-4-13(16)12(8-14(17)18-3)11-7-10(15)6-5-9(11)2/h5-7,12-13H,4,8,16H2,1-3H3. The van der Waals surface area contributed by atoms with E-state index in [1.165, 1.54) is 19.2 Å². The number of carbonyl (C=O) groups excluding carboxylic acids is 1. The van der Waals surface area contributed by atoms with Gasteiger partial charge in [0.1, 0.15) is 5.82 Å². The van der Waals surface area contributed by atoms with Crippen molar-refractivity contribution in [2.75, 3.05) is 7.11 Å². The van der Waals surface area contributed by atoms with E-state index in [4.69, 9.17) is 5.73 Å². The number of rotatable bonds is 5. The number of aryl methyl sites for hydroxylation is 1. The monoisotopic (exact) mass is 253 g/mol. The Hall–Kier alpha value is -1.42. The first kappa shape index (κ1) is 14.6. The van der Waals surface area contributed by atoms with Crippen LogP contribution in [0.25, 0.3) is 0 Å². The van der Waals surface area contributed by atoms with Crippen LogP contribution in [-0.2, 0) is 9.53 Å². The molecular formula is C14H20FNO2. The first-order valence-corrected chi connectivity index (χ1v) is 6.08. The maximum atomic E-state index is 13.3. The number of benzene rings is 1. The highest BCUT2D eigenvalue weighted by molar-refractivity contribution is 5.70. The molecule has 2 atom stereocenters. The van der Waals surface area contributed by atoms with Crippen LogP contribution in [0.1, 0.15) is 36.8 Å². The molecule has 0 radical (unpaired) electrons. The van der Waals surface area contributed by atoms with Gasteiger partial charge in [-0.25, -0.2) is 4.39 Å². The quantitative estimate of drug-likeness (QED) is 0.820. The molecule has 2 unspecified atom stereocenters. The van der Waals surface area contributed by atoms with Gasteiger partial charge in [0.15, 0.2) is 0 Å². The van der Waals surface area contributed by atoms with Crippen molar-refractivity contribution in [3.63, 3.8) is 0 Å².